The molecule has 164 valence electrons. The van der Waals surface area contributed by atoms with Gasteiger partial charge in [0.15, 0.2) is 11.7 Å². The Bertz CT molecular complexity index is 974. The lowest BCUT2D eigenvalue weighted by Gasteiger charge is -2.15. The van der Waals surface area contributed by atoms with E-state index >= 15 is 0 Å². The van der Waals surface area contributed by atoms with Crippen molar-refractivity contribution in [3.63, 3.8) is 0 Å². The van der Waals surface area contributed by atoms with Crippen LogP contribution in [0.4, 0.5) is 0 Å². The first-order chi connectivity index (χ1) is 14.7. The number of methoxy groups -OCH3 is 1. The maximum absolute atomic E-state index is 12.2. The number of amides is 2. The third-order valence-electron chi connectivity index (χ3n) is 4.26. The van der Waals surface area contributed by atoms with Gasteiger partial charge in [-0.05, 0) is 66.5 Å². The van der Waals surface area contributed by atoms with Crippen LogP contribution >= 0.6 is 12.2 Å². The minimum atomic E-state index is -0.500. The molecule has 0 aliphatic heterocycles. The lowest BCUT2D eigenvalue weighted by Crippen LogP contribution is -2.49. The molecule has 0 fully saturated rings. The van der Waals surface area contributed by atoms with E-state index in [0.29, 0.717) is 11.3 Å². The molecule has 0 saturated carbocycles. The summed E-state index contributed by atoms with van der Waals surface area (Å²) in [6.07, 6.45) is 0. The van der Waals surface area contributed by atoms with E-state index < -0.39 is 17.8 Å². The molecule has 0 atom stereocenters. The van der Waals surface area contributed by atoms with Gasteiger partial charge in [-0.15, -0.1) is 0 Å². The van der Waals surface area contributed by atoms with E-state index in [-0.39, 0.29) is 23.2 Å². The van der Waals surface area contributed by atoms with E-state index in [2.05, 4.69) is 20.9 Å². The van der Waals surface area contributed by atoms with Gasteiger partial charge in [0.25, 0.3) is 11.8 Å². The van der Waals surface area contributed by atoms with Crippen molar-refractivity contribution in [2.75, 3.05) is 13.7 Å². The molecule has 2 aromatic rings. The van der Waals surface area contributed by atoms with Crippen LogP contribution in [0.25, 0.3) is 0 Å². The second-order valence-electron chi connectivity index (χ2n) is 7.01. The molecular formula is C22H25N3O5S. The number of aryl methyl sites for hydroxylation is 1. The zero-order valence-corrected chi connectivity index (χ0v) is 18.6. The quantitative estimate of drug-likeness (QED) is 0.358. The van der Waals surface area contributed by atoms with E-state index in [9.17, 15) is 14.4 Å². The van der Waals surface area contributed by atoms with Crippen molar-refractivity contribution >= 4 is 35.1 Å². The van der Waals surface area contributed by atoms with Crippen LogP contribution in [-0.4, -0.2) is 36.6 Å². The van der Waals surface area contributed by atoms with Gasteiger partial charge in [-0.2, -0.15) is 0 Å². The first kappa shape index (κ1) is 23.8. The average molecular weight is 444 g/mol. The number of esters is 1. The molecule has 0 saturated heterocycles. The Morgan fingerprint density at radius 3 is 2.26 bits per heavy atom. The minimum absolute atomic E-state index is 0.0891. The summed E-state index contributed by atoms with van der Waals surface area (Å²) in [5.41, 5.74) is 7.47. The molecule has 9 heteroatoms. The molecule has 2 amide bonds. The Labute approximate surface area is 186 Å². The fourth-order valence-electron chi connectivity index (χ4n) is 2.63. The van der Waals surface area contributed by atoms with Gasteiger partial charge in [0.05, 0.1) is 12.7 Å². The lowest BCUT2D eigenvalue weighted by atomic mass is 10.0. The normalized spacial score (nSPS) is 10.2. The molecule has 3 N–H and O–H groups in total. The summed E-state index contributed by atoms with van der Waals surface area (Å²) in [5, 5.41) is 2.34. The topological polar surface area (TPSA) is 106 Å². The molecule has 0 radical (unpaired) electrons. The highest BCUT2D eigenvalue weighted by Crippen LogP contribution is 2.27. The van der Waals surface area contributed by atoms with Crippen LogP contribution in [0.5, 0.6) is 5.75 Å². The Morgan fingerprint density at radius 2 is 1.65 bits per heavy atom. The van der Waals surface area contributed by atoms with Crippen molar-refractivity contribution < 1.29 is 23.9 Å². The fraction of sp³-hybridized carbons (Fsp3) is 0.273. The Hall–Kier alpha value is -3.46. The highest BCUT2D eigenvalue weighted by Gasteiger charge is 2.12. The Morgan fingerprint density at radius 1 is 1.00 bits per heavy atom. The molecule has 0 aliphatic carbocycles. The molecule has 8 nitrogen and oxygen atoms in total. The number of carbonyl (C=O) groups excluding carboxylic acids is 3. The average Bonchev–Trinajstić information content (AvgIpc) is 2.75. The van der Waals surface area contributed by atoms with Crippen LogP contribution in [-0.2, 0) is 9.53 Å². The predicted molar refractivity (Wildman–Crippen MR) is 120 cm³/mol. The molecule has 31 heavy (non-hydrogen) atoms. The molecule has 0 aliphatic rings. The maximum atomic E-state index is 12.2. The van der Waals surface area contributed by atoms with Crippen molar-refractivity contribution in [3.8, 4) is 5.75 Å². The van der Waals surface area contributed by atoms with E-state index in [4.69, 9.17) is 17.0 Å². The molecular weight excluding hydrogens is 418 g/mol. The second-order valence-corrected chi connectivity index (χ2v) is 7.42. The molecule has 0 spiro atoms. The molecule has 0 unspecified atom stereocenters. The van der Waals surface area contributed by atoms with Crippen molar-refractivity contribution in [2.24, 2.45) is 0 Å². The predicted octanol–water partition coefficient (Wildman–Crippen LogP) is 2.62. The number of hydrogen-bond acceptors (Lipinski definition) is 6. The zero-order chi connectivity index (χ0) is 23.0. The number of benzene rings is 2. The highest BCUT2D eigenvalue weighted by molar-refractivity contribution is 7.80. The molecule has 2 aromatic carbocycles. The van der Waals surface area contributed by atoms with Gasteiger partial charge in [-0.25, -0.2) is 4.79 Å². The summed E-state index contributed by atoms with van der Waals surface area (Å²) in [6.45, 7) is 5.82. The van der Waals surface area contributed by atoms with Crippen LogP contribution in [0.1, 0.15) is 51.6 Å². The van der Waals surface area contributed by atoms with E-state index in [0.717, 1.165) is 11.1 Å². The number of ether oxygens (including phenoxy) is 2. The Kier molecular flexibility index (Phi) is 8.51. The van der Waals surface area contributed by atoms with Crippen molar-refractivity contribution in [3.05, 3.63) is 64.7 Å². The van der Waals surface area contributed by atoms with Crippen molar-refractivity contribution in [1.82, 2.24) is 16.2 Å². The Balaban J connectivity index is 1.82. The summed E-state index contributed by atoms with van der Waals surface area (Å²) in [5.74, 6) is -0.561. The number of hydrazine groups is 1. The van der Waals surface area contributed by atoms with Crippen molar-refractivity contribution in [1.29, 1.82) is 0 Å². The minimum Gasteiger partial charge on any atom is -0.483 e. The first-order valence-electron chi connectivity index (χ1n) is 9.53. The van der Waals surface area contributed by atoms with Gasteiger partial charge >= 0.3 is 5.97 Å². The van der Waals surface area contributed by atoms with Crippen LogP contribution < -0.4 is 20.9 Å². The number of rotatable bonds is 6. The molecule has 2 rings (SSSR count). The maximum Gasteiger partial charge on any atom is 0.337 e. The van der Waals surface area contributed by atoms with Gasteiger partial charge in [-0.1, -0.05) is 26.0 Å². The highest BCUT2D eigenvalue weighted by atomic mass is 32.1. The first-order valence-corrected chi connectivity index (χ1v) is 9.94. The summed E-state index contributed by atoms with van der Waals surface area (Å²) in [6, 6.07) is 11.7. The molecule has 0 aromatic heterocycles. The third-order valence-corrected chi connectivity index (χ3v) is 4.46. The van der Waals surface area contributed by atoms with Gasteiger partial charge < -0.3 is 9.47 Å². The number of hydrogen-bond donors (Lipinski definition) is 3. The van der Waals surface area contributed by atoms with E-state index in [1.807, 2.05) is 39.0 Å². The van der Waals surface area contributed by atoms with Crippen molar-refractivity contribution in [2.45, 2.75) is 26.7 Å². The van der Waals surface area contributed by atoms with E-state index in [1.54, 1.807) is 0 Å². The van der Waals surface area contributed by atoms with Gasteiger partial charge in [0, 0.05) is 5.56 Å². The van der Waals surface area contributed by atoms with E-state index in [1.165, 1.54) is 31.4 Å². The van der Waals surface area contributed by atoms with Crippen LogP contribution in [0.2, 0.25) is 0 Å². The zero-order valence-electron chi connectivity index (χ0n) is 17.8. The van der Waals surface area contributed by atoms with Gasteiger partial charge in [0.1, 0.15) is 5.75 Å². The fourth-order valence-corrected chi connectivity index (χ4v) is 2.78. The van der Waals surface area contributed by atoms with Crippen LogP contribution in [0, 0.1) is 6.92 Å². The standard InChI is InChI=1S/C22H25N3O5S/c1-13(2)17-10-5-14(3)11-18(17)30-12-19(26)24-25-22(31)23-20(27)15-6-8-16(9-7-15)21(28)29-4/h5-11,13H,12H2,1-4H3,(H,24,26)(H2,23,25,27,31). The summed E-state index contributed by atoms with van der Waals surface area (Å²) in [7, 11) is 1.27. The van der Waals surface area contributed by atoms with Crippen LogP contribution in [0.3, 0.4) is 0 Å². The summed E-state index contributed by atoms with van der Waals surface area (Å²) < 4.78 is 10.2. The van der Waals surface area contributed by atoms with Gasteiger partial charge in [-0.3, -0.25) is 25.8 Å². The van der Waals surface area contributed by atoms with Crippen LogP contribution in [0.15, 0.2) is 42.5 Å². The number of carbonyl (C=O) groups is 3. The van der Waals surface area contributed by atoms with Gasteiger partial charge in [0.2, 0.25) is 0 Å². The SMILES string of the molecule is COC(=O)c1ccc(C(=O)NC(=S)NNC(=O)COc2cc(C)ccc2C(C)C)cc1. The smallest absolute Gasteiger partial charge is 0.337 e. The molecule has 0 heterocycles. The lowest BCUT2D eigenvalue weighted by molar-refractivity contribution is -0.123. The largest absolute Gasteiger partial charge is 0.483 e. The number of nitrogens with one attached hydrogen (secondary N) is 3. The summed E-state index contributed by atoms with van der Waals surface area (Å²) >= 11 is 5.01. The number of thiocarbonyl (C=S) groups is 1. The second kappa shape index (κ2) is 11.1. The summed E-state index contributed by atoms with van der Waals surface area (Å²) in [4.78, 5) is 35.7. The molecule has 0 bridgehead atoms. The third kappa shape index (κ3) is 7.07. The monoisotopic (exact) mass is 443 g/mol.